The van der Waals surface area contributed by atoms with Gasteiger partial charge in [0.2, 0.25) is 5.96 Å². The van der Waals surface area contributed by atoms with Gasteiger partial charge < -0.3 is 31.0 Å². The third-order valence-electron chi connectivity index (χ3n) is 3.39. The third-order valence-corrected chi connectivity index (χ3v) is 3.39. The van der Waals surface area contributed by atoms with Crippen LogP contribution in [0.4, 0.5) is 5.69 Å². The lowest BCUT2D eigenvalue weighted by molar-refractivity contribution is -0.118. The Kier molecular flexibility index (Phi) is 7.64. The van der Waals surface area contributed by atoms with Crippen LogP contribution in [0.5, 0.6) is 17.2 Å². The van der Waals surface area contributed by atoms with E-state index in [1.54, 1.807) is 36.4 Å². The van der Waals surface area contributed by atoms with Gasteiger partial charge in [0.25, 0.3) is 5.91 Å². The molecule has 0 saturated carbocycles. The van der Waals surface area contributed by atoms with Crippen LogP contribution in [0.1, 0.15) is 12.5 Å². The number of methoxy groups -OCH3 is 1. The molecule has 0 radical (unpaired) electrons. The highest BCUT2D eigenvalue weighted by Crippen LogP contribution is 2.28. The molecule has 0 aliphatic carbocycles. The summed E-state index contributed by atoms with van der Waals surface area (Å²) in [4.78, 5) is 12.2. The van der Waals surface area contributed by atoms with Gasteiger partial charge >= 0.3 is 0 Å². The zero-order valence-electron chi connectivity index (χ0n) is 15.7. The Morgan fingerprint density at radius 2 is 1.89 bits per heavy atom. The molecule has 9 heteroatoms. The van der Waals surface area contributed by atoms with Gasteiger partial charge in [0, 0.05) is 0 Å². The fourth-order valence-corrected chi connectivity index (χ4v) is 2.23. The van der Waals surface area contributed by atoms with Crippen molar-refractivity contribution in [3.05, 3.63) is 48.0 Å². The molecule has 1 amide bonds. The lowest BCUT2D eigenvalue weighted by atomic mass is 10.2. The molecule has 0 bridgehead atoms. The van der Waals surface area contributed by atoms with Crippen LogP contribution >= 0.6 is 0 Å². The summed E-state index contributed by atoms with van der Waals surface area (Å²) in [5.41, 5.74) is 11.7. The Labute approximate surface area is 163 Å². The summed E-state index contributed by atoms with van der Waals surface area (Å²) in [6, 6.07) is 12.2. The molecule has 2 rings (SSSR count). The number of rotatable bonds is 9. The number of nitrogens with one attached hydrogen (secondary N) is 1. The van der Waals surface area contributed by atoms with E-state index in [0.29, 0.717) is 35.1 Å². The van der Waals surface area contributed by atoms with E-state index in [2.05, 4.69) is 15.5 Å². The minimum Gasteiger partial charge on any atom is -0.495 e. The number of ether oxygens (including phenoxy) is 3. The Hall–Kier alpha value is -3.75. The molecule has 9 nitrogen and oxygen atoms in total. The maximum atomic E-state index is 12.2. The Bertz CT molecular complexity index is 863. The van der Waals surface area contributed by atoms with Gasteiger partial charge in [-0.15, -0.1) is 5.10 Å². The third kappa shape index (κ3) is 6.20. The zero-order chi connectivity index (χ0) is 20.4. The van der Waals surface area contributed by atoms with Crippen LogP contribution in [0.3, 0.4) is 0 Å². The second kappa shape index (κ2) is 10.4. The maximum Gasteiger partial charge on any atom is 0.262 e. The average molecular weight is 385 g/mol. The summed E-state index contributed by atoms with van der Waals surface area (Å²) >= 11 is 0. The first-order valence-corrected chi connectivity index (χ1v) is 8.48. The van der Waals surface area contributed by atoms with Crippen molar-refractivity contribution in [2.45, 2.75) is 6.92 Å². The topological polar surface area (TPSA) is 134 Å². The van der Waals surface area contributed by atoms with Crippen LogP contribution in [0.15, 0.2) is 52.7 Å². The highest BCUT2D eigenvalue weighted by molar-refractivity contribution is 5.93. The maximum absolute atomic E-state index is 12.2. The number of nitrogens with two attached hydrogens (primary N) is 2. The molecular weight excluding hydrogens is 362 g/mol. The summed E-state index contributed by atoms with van der Waals surface area (Å²) < 4.78 is 16.4. The number of carbonyl (C=O) groups excluding carboxylic acids is 1. The lowest BCUT2D eigenvalue weighted by Gasteiger charge is -2.13. The van der Waals surface area contributed by atoms with Crippen LogP contribution in [0.25, 0.3) is 0 Å². The van der Waals surface area contributed by atoms with Crippen molar-refractivity contribution in [1.29, 1.82) is 0 Å². The Morgan fingerprint density at radius 3 is 2.61 bits per heavy atom. The van der Waals surface area contributed by atoms with Gasteiger partial charge in [0.05, 0.1) is 25.6 Å². The van der Waals surface area contributed by atoms with Crippen molar-refractivity contribution in [2.24, 2.45) is 21.7 Å². The van der Waals surface area contributed by atoms with Crippen LogP contribution in [0, 0.1) is 0 Å². The van der Waals surface area contributed by atoms with E-state index in [0.717, 1.165) is 0 Å². The molecular formula is C19H23N5O4. The first kappa shape index (κ1) is 20.6. The molecule has 2 aromatic rings. The number of carbonyl (C=O) groups is 1. The van der Waals surface area contributed by atoms with Crippen LogP contribution in [0.2, 0.25) is 0 Å². The number of para-hydroxylation sites is 2. The second-order valence-electron chi connectivity index (χ2n) is 5.45. The summed E-state index contributed by atoms with van der Waals surface area (Å²) in [6.45, 7) is 2.08. The van der Waals surface area contributed by atoms with Crippen molar-refractivity contribution in [1.82, 2.24) is 0 Å². The molecule has 0 fully saturated rings. The number of hydrogen-bond donors (Lipinski definition) is 3. The predicted molar refractivity (Wildman–Crippen MR) is 108 cm³/mol. The second-order valence-corrected chi connectivity index (χ2v) is 5.45. The average Bonchev–Trinajstić information content (AvgIpc) is 2.68. The molecule has 28 heavy (non-hydrogen) atoms. The van der Waals surface area contributed by atoms with E-state index in [4.69, 9.17) is 25.7 Å². The molecule has 148 valence electrons. The minimum absolute atomic E-state index is 0.137. The summed E-state index contributed by atoms with van der Waals surface area (Å²) in [5, 5.41) is 10.0. The number of anilines is 1. The van der Waals surface area contributed by atoms with Crippen molar-refractivity contribution in [3.63, 3.8) is 0 Å². The summed E-state index contributed by atoms with van der Waals surface area (Å²) in [7, 11) is 1.54. The van der Waals surface area contributed by atoms with Crippen LogP contribution in [-0.2, 0) is 4.79 Å². The highest BCUT2D eigenvalue weighted by Gasteiger charge is 2.11. The van der Waals surface area contributed by atoms with Crippen molar-refractivity contribution in [2.75, 3.05) is 25.6 Å². The van der Waals surface area contributed by atoms with Gasteiger partial charge in [-0.05, 0) is 42.8 Å². The van der Waals surface area contributed by atoms with E-state index in [-0.39, 0.29) is 18.5 Å². The fraction of sp³-hybridized carbons (Fsp3) is 0.211. The van der Waals surface area contributed by atoms with Gasteiger partial charge in [0.15, 0.2) is 18.1 Å². The number of guanidine groups is 1. The number of amides is 1. The molecule has 0 aromatic heterocycles. The fourth-order valence-electron chi connectivity index (χ4n) is 2.23. The zero-order valence-corrected chi connectivity index (χ0v) is 15.7. The van der Waals surface area contributed by atoms with E-state index in [9.17, 15) is 4.79 Å². The van der Waals surface area contributed by atoms with Gasteiger partial charge in [-0.2, -0.15) is 5.10 Å². The quantitative estimate of drug-likeness (QED) is 0.342. The molecule has 5 N–H and O–H groups in total. The molecule has 0 saturated heterocycles. The number of benzene rings is 2. The van der Waals surface area contributed by atoms with Crippen molar-refractivity contribution in [3.8, 4) is 17.2 Å². The Balaban J connectivity index is 2.05. The summed E-state index contributed by atoms with van der Waals surface area (Å²) in [6.07, 6.45) is 1.47. The minimum atomic E-state index is -0.328. The Morgan fingerprint density at radius 1 is 1.11 bits per heavy atom. The normalized spacial score (nSPS) is 10.4. The smallest absolute Gasteiger partial charge is 0.262 e. The standard InChI is InChI=1S/C19H23N5O4/c1-3-27-17-10-13(11-22-24-19(20)21)8-9-16(17)28-12-18(25)23-14-6-4-5-7-15(14)26-2/h4-11H,3,12H2,1-2H3,(H,23,25)(H4,20,21,24). The monoisotopic (exact) mass is 385 g/mol. The molecule has 0 heterocycles. The van der Waals surface area contributed by atoms with E-state index >= 15 is 0 Å². The van der Waals surface area contributed by atoms with E-state index < -0.39 is 0 Å². The molecule has 0 atom stereocenters. The van der Waals surface area contributed by atoms with Gasteiger partial charge in [-0.1, -0.05) is 12.1 Å². The molecule has 0 aliphatic heterocycles. The van der Waals surface area contributed by atoms with Crippen LogP contribution < -0.4 is 31.0 Å². The van der Waals surface area contributed by atoms with Gasteiger partial charge in [-0.25, -0.2) is 0 Å². The predicted octanol–water partition coefficient (Wildman–Crippen LogP) is 1.72. The molecule has 0 unspecified atom stereocenters. The van der Waals surface area contributed by atoms with Crippen molar-refractivity contribution < 1.29 is 19.0 Å². The van der Waals surface area contributed by atoms with Crippen LogP contribution in [-0.4, -0.2) is 38.4 Å². The lowest BCUT2D eigenvalue weighted by Crippen LogP contribution is -2.21. The van der Waals surface area contributed by atoms with Gasteiger partial charge in [-0.3, -0.25) is 4.79 Å². The number of hydrogen-bond acceptors (Lipinski definition) is 6. The molecule has 2 aromatic carbocycles. The summed E-state index contributed by atoms with van der Waals surface area (Å²) in [5.74, 6) is 1.00. The van der Waals surface area contributed by atoms with Gasteiger partial charge in [0.1, 0.15) is 5.75 Å². The number of nitrogens with zero attached hydrogens (tertiary/aromatic N) is 2. The van der Waals surface area contributed by atoms with E-state index in [1.165, 1.54) is 13.3 Å². The highest BCUT2D eigenvalue weighted by atomic mass is 16.5. The first-order valence-electron chi connectivity index (χ1n) is 8.48. The molecule has 0 aliphatic rings. The molecule has 0 spiro atoms. The first-order chi connectivity index (χ1) is 13.5. The SMILES string of the molecule is CCOc1cc(C=NN=C(N)N)ccc1OCC(=O)Nc1ccccc1OC. The van der Waals surface area contributed by atoms with Crippen molar-refractivity contribution >= 4 is 23.8 Å². The van der Waals surface area contributed by atoms with E-state index in [1.807, 2.05) is 13.0 Å². The largest absolute Gasteiger partial charge is 0.495 e.